The number of primary amides is 1. The van der Waals surface area contributed by atoms with Crippen molar-refractivity contribution in [3.63, 3.8) is 0 Å². The molecule has 1 aliphatic heterocycles. The summed E-state index contributed by atoms with van der Waals surface area (Å²) in [6.07, 6.45) is 8.89. The molecule has 1 saturated carbocycles. The second kappa shape index (κ2) is 19.3. The molecule has 53 heavy (non-hydrogen) atoms. The number of amides is 4. The van der Waals surface area contributed by atoms with Crippen molar-refractivity contribution < 1.29 is 28.7 Å². The molecular weight excluding hydrogens is 670 g/mol. The molecule has 1 unspecified atom stereocenters. The first-order valence-electron chi connectivity index (χ1n) is 18.9. The highest BCUT2D eigenvalue weighted by atomic mass is 16.5. The van der Waals surface area contributed by atoms with Crippen molar-refractivity contribution in [2.75, 3.05) is 52.8 Å². The van der Waals surface area contributed by atoms with Crippen LogP contribution in [0.5, 0.6) is 11.5 Å². The molecule has 1 fully saturated rings. The molecule has 0 radical (unpaired) electrons. The Morgan fingerprint density at radius 3 is 2.43 bits per heavy atom. The Bertz CT molecular complexity index is 1700. The number of nitrogens with two attached hydrogens (primary N) is 1. The predicted octanol–water partition coefficient (Wildman–Crippen LogP) is 5.97. The molecule has 3 aromatic rings. The second-order valence-electron chi connectivity index (χ2n) is 14.6. The van der Waals surface area contributed by atoms with Gasteiger partial charge < -0.3 is 35.2 Å². The molecular formula is C42H55N5O6. The molecule has 2 aliphatic rings. The lowest BCUT2D eigenvalue weighted by Gasteiger charge is -2.37. The topological polar surface area (TPSA) is 135 Å². The summed E-state index contributed by atoms with van der Waals surface area (Å²) in [5.41, 5.74) is 9.23. The molecule has 4 amide bonds. The lowest BCUT2D eigenvalue weighted by Crippen LogP contribution is -2.44. The Morgan fingerprint density at radius 1 is 0.943 bits per heavy atom. The predicted molar refractivity (Wildman–Crippen MR) is 206 cm³/mol. The fourth-order valence-electron chi connectivity index (χ4n) is 7.38. The zero-order valence-corrected chi connectivity index (χ0v) is 31.5. The van der Waals surface area contributed by atoms with Gasteiger partial charge in [-0.25, -0.2) is 0 Å². The Labute approximate surface area is 313 Å². The highest BCUT2D eigenvalue weighted by Gasteiger charge is 2.34. The van der Waals surface area contributed by atoms with E-state index in [4.69, 9.17) is 15.2 Å². The van der Waals surface area contributed by atoms with Crippen LogP contribution in [0.1, 0.15) is 90.9 Å². The van der Waals surface area contributed by atoms with E-state index in [1.165, 1.54) is 37.0 Å². The van der Waals surface area contributed by atoms with E-state index >= 15 is 0 Å². The third-order valence-corrected chi connectivity index (χ3v) is 10.2. The number of carbonyl (C=O) groups excluding carboxylic acids is 4. The van der Waals surface area contributed by atoms with Crippen LogP contribution < -0.4 is 20.5 Å². The largest absolute Gasteiger partial charge is 0.497 e. The number of anilines is 1. The number of hydrogen-bond donors (Lipinski definition) is 2. The van der Waals surface area contributed by atoms with E-state index in [0.717, 1.165) is 41.8 Å². The van der Waals surface area contributed by atoms with Gasteiger partial charge in [-0.1, -0.05) is 62.4 Å². The maximum atomic E-state index is 14.4. The summed E-state index contributed by atoms with van der Waals surface area (Å²) >= 11 is 0. The van der Waals surface area contributed by atoms with Gasteiger partial charge in [0.1, 0.15) is 11.5 Å². The number of nitrogens with zero attached hydrogens (tertiary/aromatic N) is 3. The fourth-order valence-corrected chi connectivity index (χ4v) is 7.38. The van der Waals surface area contributed by atoms with Crippen molar-refractivity contribution in [2.45, 2.75) is 76.8 Å². The average Bonchev–Trinajstić information content (AvgIpc) is 3.15. The number of ether oxygens (including phenoxy) is 2. The molecule has 11 heteroatoms. The number of fused-ring (bicyclic) bond motifs is 1. The van der Waals surface area contributed by atoms with Crippen LogP contribution >= 0.6 is 0 Å². The van der Waals surface area contributed by atoms with Crippen molar-refractivity contribution in [1.82, 2.24) is 14.7 Å². The first kappa shape index (κ1) is 39.3. The van der Waals surface area contributed by atoms with Crippen LogP contribution in [0.3, 0.4) is 0 Å². The van der Waals surface area contributed by atoms with E-state index in [2.05, 4.69) is 10.2 Å². The number of hydrogen-bond acceptors (Lipinski definition) is 7. The normalized spacial score (nSPS) is 15.9. The van der Waals surface area contributed by atoms with E-state index < -0.39 is 5.91 Å². The molecule has 0 spiro atoms. The molecule has 1 aliphatic carbocycles. The number of methoxy groups -OCH3 is 1. The Hall–Kier alpha value is -4.90. The number of rotatable bonds is 18. The minimum atomic E-state index is -0.626. The summed E-state index contributed by atoms with van der Waals surface area (Å²) in [4.78, 5) is 58.3. The smallest absolute Gasteiger partial charge is 0.254 e. The van der Waals surface area contributed by atoms with E-state index in [0.29, 0.717) is 42.4 Å². The molecule has 284 valence electrons. The van der Waals surface area contributed by atoms with Gasteiger partial charge in [-0.15, -0.1) is 0 Å². The maximum Gasteiger partial charge on any atom is 0.254 e. The third-order valence-electron chi connectivity index (χ3n) is 10.2. The summed E-state index contributed by atoms with van der Waals surface area (Å²) in [7, 11) is 5.63. The van der Waals surface area contributed by atoms with Gasteiger partial charge in [0.25, 0.3) is 5.91 Å². The van der Waals surface area contributed by atoms with E-state index in [-0.39, 0.29) is 49.8 Å². The van der Waals surface area contributed by atoms with Gasteiger partial charge in [0.15, 0.2) is 0 Å². The van der Waals surface area contributed by atoms with Gasteiger partial charge in [-0.3, -0.25) is 19.2 Å². The lowest BCUT2D eigenvalue weighted by molar-refractivity contribution is -0.136. The highest BCUT2D eigenvalue weighted by molar-refractivity contribution is 6.00. The number of benzene rings is 3. The molecule has 5 rings (SSSR count). The zero-order valence-electron chi connectivity index (χ0n) is 31.5. The molecule has 0 bridgehead atoms. The Morgan fingerprint density at radius 2 is 1.72 bits per heavy atom. The van der Waals surface area contributed by atoms with Gasteiger partial charge in [0.2, 0.25) is 17.7 Å². The van der Waals surface area contributed by atoms with E-state index in [9.17, 15) is 19.2 Å². The fraction of sp³-hybridized carbons (Fsp3) is 0.476. The molecule has 1 atom stereocenters. The Kier molecular flexibility index (Phi) is 14.3. The van der Waals surface area contributed by atoms with E-state index in [1.807, 2.05) is 74.8 Å². The quantitative estimate of drug-likeness (QED) is 0.155. The van der Waals surface area contributed by atoms with Crippen molar-refractivity contribution >= 4 is 29.3 Å². The van der Waals surface area contributed by atoms with E-state index in [1.54, 1.807) is 18.1 Å². The minimum Gasteiger partial charge on any atom is -0.497 e. The Balaban J connectivity index is 1.33. The van der Waals surface area contributed by atoms with Crippen molar-refractivity contribution in [3.05, 3.63) is 89.0 Å². The number of nitrogens with one attached hydrogen (secondary N) is 1. The molecule has 11 nitrogen and oxygen atoms in total. The summed E-state index contributed by atoms with van der Waals surface area (Å²) < 4.78 is 11.3. The molecule has 3 N–H and O–H groups in total. The SMILES string of the molecule is COc1cccc(CN(CC(N)=O)C(=O)CCN2C(=O)c3cc(NC(=O)CCC4CCCCC4)ccc3CC2c2ccc(OCCCN(C)C)cc2)c1. The van der Waals surface area contributed by atoms with Gasteiger partial charge >= 0.3 is 0 Å². The van der Waals surface area contributed by atoms with Crippen molar-refractivity contribution in [1.29, 1.82) is 0 Å². The summed E-state index contributed by atoms with van der Waals surface area (Å²) in [5, 5.41) is 3.02. The van der Waals surface area contributed by atoms with Crippen LogP contribution in [0.15, 0.2) is 66.7 Å². The average molecular weight is 726 g/mol. The summed E-state index contributed by atoms with van der Waals surface area (Å²) in [6, 6.07) is 20.3. The second-order valence-corrected chi connectivity index (χ2v) is 14.6. The van der Waals surface area contributed by atoms with Gasteiger partial charge in [0, 0.05) is 43.7 Å². The van der Waals surface area contributed by atoms with Gasteiger partial charge in [-0.05, 0) is 92.4 Å². The first-order chi connectivity index (χ1) is 25.6. The standard InChI is InChI=1S/C42H55N5O6/c1-45(2)22-8-24-53-35-18-15-32(16-19-35)38-26-33-14-17-34(44-40(49)20-13-30-9-5-4-6-10-30)27-37(33)42(51)47(38)23-21-41(50)46(29-39(43)48)28-31-11-7-12-36(25-31)52-3/h7,11-12,14-19,25,27,30,38H,4-6,8-10,13,20-24,26,28-29H2,1-3H3,(H2,43,48)(H,44,49). The summed E-state index contributed by atoms with van der Waals surface area (Å²) in [5.74, 6) is 0.795. The maximum absolute atomic E-state index is 14.4. The van der Waals surface area contributed by atoms with Crippen LogP contribution in [0, 0.1) is 5.92 Å². The molecule has 0 aromatic heterocycles. The highest BCUT2D eigenvalue weighted by Crippen LogP contribution is 2.36. The zero-order chi connectivity index (χ0) is 37.7. The molecule has 0 saturated heterocycles. The lowest BCUT2D eigenvalue weighted by atomic mass is 9.86. The van der Waals surface area contributed by atoms with Gasteiger partial charge in [0.05, 0.1) is 26.3 Å². The van der Waals surface area contributed by atoms with Crippen LogP contribution in [-0.4, -0.2) is 85.8 Å². The summed E-state index contributed by atoms with van der Waals surface area (Å²) in [6.45, 7) is 1.56. The van der Waals surface area contributed by atoms with Crippen LogP contribution in [0.2, 0.25) is 0 Å². The molecule has 3 aromatic carbocycles. The third kappa shape index (κ3) is 11.5. The van der Waals surface area contributed by atoms with Gasteiger partial charge in [-0.2, -0.15) is 0 Å². The van der Waals surface area contributed by atoms with Crippen molar-refractivity contribution in [3.8, 4) is 11.5 Å². The van der Waals surface area contributed by atoms with Crippen LogP contribution in [0.25, 0.3) is 0 Å². The van der Waals surface area contributed by atoms with Crippen LogP contribution in [0.4, 0.5) is 5.69 Å². The first-order valence-corrected chi connectivity index (χ1v) is 18.9. The monoisotopic (exact) mass is 725 g/mol. The number of carbonyl (C=O) groups is 4. The molecule has 1 heterocycles. The van der Waals surface area contributed by atoms with Crippen molar-refractivity contribution in [2.24, 2.45) is 11.7 Å². The minimum absolute atomic E-state index is 0.0144. The van der Waals surface area contributed by atoms with Crippen LogP contribution in [-0.2, 0) is 27.3 Å².